The average molecular weight is 252 g/mol. The fourth-order valence-corrected chi connectivity index (χ4v) is 2.26. The summed E-state index contributed by atoms with van der Waals surface area (Å²) in [6, 6.07) is 8.29. The Labute approximate surface area is 108 Å². The Kier molecular flexibility index (Phi) is 3.72. The topological polar surface area (TPSA) is 20.3 Å². The third kappa shape index (κ3) is 3.22. The van der Waals surface area contributed by atoms with Crippen molar-refractivity contribution in [3.05, 3.63) is 34.9 Å². The number of nitrogens with zero attached hydrogens (tertiary/aromatic N) is 1. The molecular weight excluding hydrogens is 234 g/mol. The number of carbonyl (C=O) groups excluding carboxylic acids is 1. The molecule has 0 aliphatic heterocycles. The van der Waals surface area contributed by atoms with Gasteiger partial charge in [-0.25, -0.2) is 0 Å². The van der Waals surface area contributed by atoms with Crippen LogP contribution in [0.1, 0.15) is 32.3 Å². The maximum Gasteiger partial charge on any atom is 0.227 e. The van der Waals surface area contributed by atoms with Crippen molar-refractivity contribution >= 4 is 17.5 Å². The monoisotopic (exact) mass is 251 g/mol. The van der Waals surface area contributed by atoms with E-state index >= 15 is 0 Å². The molecule has 2 nitrogen and oxygen atoms in total. The Hall–Kier alpha value is -1.02. The lowest BCUT2D eigenvalue weighted by Gasteiger charge is -2.26. The lowest BCUT2D eigenvalue weighted by atomic mass is 10.1. The summed E-state index contributed by atoms with van der Waals surface area (Å²) in [5.74, 6) is 0.227. The first-order valence-electron chi connectivity index (χ1n) is 6.13. The zero-order chi connectivity index (χ0) is 12.4. The van der Waals surface area contributed by atoms with Crippen LogP contribution in [-0.2, 0) is 11.2 Å². The maximum atomic E-state index is 12.2. The number of hydrogen-bond donors (Lipinski definition) is 0. The molecule has 3 heteroatoms. The van der Waals surface area contributed by atoms with Crippen molar-refractivity contribution in [2.24, 2.45) is 0 Å². The van der Waals surface area contributed by atoms with Gasteiger partial charge in [0, 0.05) is 17.1 Å². The van der Waals surface area contributed by atoms with Gasteiger partial charge in [0.05, 0.1) is 6.42 Å². The van der Waals surface area contributed by atoms with Crippen LogP contribution in [0.25, 0.3) is 0 Å². The van der Waals surface area contributed by atoms with Crippen molar-refractivity contribution in [1.82, 2.24) is 4.90 Å². The highest BCUT2D eigenvalue weighted by Crippen LogP contribution is 2.29. The number of hydrogen-bond acceptors (Lipinski definition) is 1. The van der Waals surface area contributed by atoms with E-state index in [1.807, 2.05) is 29.2 Å². The lowest BCUT2D eigenvalue weighted by molar-refractivity contribution is -0.132. The molecule has 0 spiro atoms. The van der Waals surface area contributed by atoms with Gasteiger partial charge in [0.2, 0.25) is 5.91 Å². The van der Waals surface area contributed by atoms with Crippen LogP contribution in [0.15, 0.2) is 24.3 Å². The van der Waals surface area contributed by atoms with Gasteiger partial charge in [0.15, 0.2) is 0 Å². The van der Waals surface area contributed by atoms with Crippen LogP contribution in [0.4, 0.5) is 0 Å². The SMILES string of the molecule is CC(C)N(C(=O)Cc1ccc(Cl)cc1)C1CC1. The molecule has 0 N–H and O–H groups in total. The summed E-state index contributed by atoms with van der Waals surface area (Å²) in [6.45, 7) is 4.16. The van der Waals surface area contributed by atoms with E-state index in [9.17, 15) is 4.79 Å². The van der Waals surface area contributed by atoms with Gasteiger partial charge in [-0.05, 0) is 44.4 Å². The first kappa shape index (κ1) is 12.4. The Morgan fingerprint density at radius 1 is 1.35 bits per heavy atom. The van der Waals surface area contributed by atoms with E-state index in [0.717, 1.165) is 18.4 Å². The van der Waals surface area contributed by atoms with E-state index in [2.05, 4.69) is 13.8 Å². The minimum atomic E-state index is 0.227. The Morgan fingerprint density at radius 3 is 2.41 bits per heavy atom. The molecule has 1 aliphatic rings. The summed E-state index contributed by atoms with van der Waals surface area (Å²) in [7, 11) is 0. The highest BCUT2D eigenvalue weighted by Gasteiger charge is 2.33. The fourth-order valence-electron chi connectivity index (χ4n) is 2.13. The Morgan fingerprint density at radius 2 is 1.94 bits per heavy atom. The molecule has 1 fully saturated rings. The molecule has 0 radical (unpaired) electrons. The maximum absolute atomic E-state index is 12.2. The molecule has 1 saturated carbocycles. The third-order valence-electron chi connectivity index (χ3n) is 3.05. The van der Waals surface area contributed by atoms with Crippen LogP contribution < -0.4 is 0 Å². The standard InChI is InChI=1S/C14H18ClNO/c1-10(2)16(13-7-8-13)14(17)9-11-3-5-12(15)6-4-11/h3-6,10,13H,7-9H2,1-2H3. The van der Waals surface area contributed by atoms with Crippen molar-refractivity contribution in [2.45, 2.75) is 45.2 Å². The Balaban J connectivity index is 2.02. The van der Waals surface area contributed by atoms with E-state index in [4.69, 9.17) is 11.6 Å². The highest BCUT2D eigenvalue weighted by atomic mass is 35.5. The summed E-state index contributed by atoms with van der Waals surface area (Å²) in [6.07, 6.45) is 2.79. The van der Waals surface area contributed by atoms with Crippen molar-refractivity contribution < 1.29 is 4.79 Å². The summed E-state index contributed by atoms with van der Waals surface area (Å²) in [4.78, 5) is 14.2. The van der Waals surface area contributed by atoms with Gasteiger partial charge in [0.1, 0.15) is 0 Å². The highest BCUT2D eigenvalue weighted by molar-refractivity contribution is 6.30. The molecule has 1 aromatic rings. The summed E-state index contributed by atoms with van der Waals surface area (Å²) in [5, 5.41) is 0.712. The predicted octanol–water partition coefficient (Wildman–Crippen LogP) is 3.28. The van der Waals surface area contributed by atoms with Crippen molar-refractivity contribution in [3.63, 3.8) is 0 Å². The van der Waals surface area contributed by atoms with Gasteiger partial charge in [-0.2, -0.15) is 0 Å². The van der Waals surface area contributed by atoms with Gasteiger partial charge < -0.3 is 4.90 Å². The van der Waals surface area contributed by atoms with Crippen molar-refractivity contribution in [1.29, 1.82) is 0 Å². The van der Waals surface area contributed by atoms with Gasteiger partial charge in [-0.3, -0.25) is 4.79 Å². The molecule has 1 aliphatic carbocycles. The van der Waals surface area contributed by atoms with Crippen LogP contribution >= 0.6 is 11.6 Å². The van der Waals surface area contributed by atoms with Crippen LogP contribution in [-0.4, -0.2) is 22.9 Å². The second kappa shape index (κ2) is 5.09. The molecular formula is C14H18ClNO. The van der Waals surface area contributed by atoms with E-state index < -0.39 is 0 Å². The molecule has 0 unspecified atom stereocenters. The molecule has 0 heterocycles. The average Bonchev–Trinajstić information content (AvgIpc) is 3.05. The molecule has 0 aromatic heterocycles. The van der Waals surface area contributed by atoms with E-state index in [-0.39, 0.29) is 5.91 Å². The van der Waals surface area contributed by atoms with E-state index in [0.29, 0.717) is 23.5 Å². The van der Waals surface area contributed by atoms with E-state index in [1.54, 1.807) is 0 Å². The normalized spacial score (nSPS) is 15.1. The number of amides is 1. The van der Waals surface area contributed by atoms with Gasteiger partial charge in [-0.15, -0.1) is 0 Å². The number of rotatable bonds is 4. The second-order valence-electron chi connectivity index (χ2n) is 4.93. The third-order valence-corrected chi connectivity index (χ3v) is 3.31. The largest absolute Gasteiger partial charge is 0.337 e. The molecule has 0 saturated heterocycles. The molecule has 0 bridgehead atoms. The molecule has 2 rings (SSSR count). The fraction of sp³-hybridized carbons (Fsp3) is 0.500. The van der Waals surface area contributed by atoms with Gasteiger partial charge >= 0.3 is 0 Å². The van der Waals surface area contributed by atoms with E-state index in [1.165, 1.54) is 0 Å². The Bertz CT molecular complexity index is 393. The lowest BCUT2D eigenvalue weighted by Crippen LogP contribution is -2.39. The number of benzene rings is 1. The molecule has 92 valence electrons. The zero-order valence-electron chi connectivity index (χ0n) is 10.3. The summed E-state index contributed by atoms with van der Waals surface area (Å²) >= 11 is 5.83. The summed E-state index contributed by atoms with van der Waals surface area (Å²) < 4.78 is 0. The summed E-state index contributed by atoms with van der Waals surface area (Å²) in [5.41, 5.74) is 1.03. The van der Waals surface area contributed by atoms with Gasteiger partial charge in [-0.1, -0.05) is 23.7 Å². The minimum Gasteiger partial charge on any atom is -0.337 e. The smallest absolute Gasteiger partial charge is 0.227 e. The number of carbonyl (C=O) groups is 1. The van der Waals surface area contributed by atoms with Gasteiger partial charge in [0.25, 0.3) is 0 Å². The van der Waals surface area contributed by atoms with Crippen LogP contribution in [0, 0.1) is 0 Å². The zero-order valence-corrected chi connectivity index (χ0v) is 11.1. The molecule has 1 aromatic carbocycles. The van der Waals surface area contributed by atoms with Crippen molar-refractivity contribution in [3.8, 4) is 0 Å². The first-order valence-corrected chi connectivity index (χ1v) is 6.51. The number of halogens is 1. The minimum absolute atomic E-state index is 0.227. The van der Waals surface area contributed by atoms with Crippen LogP contribution in [0.3, 0.4) is 0 Å². The van der Waals surface area contributed by atoms with Crippen LogP contribution in [0.5, 0.6) is 0 Å². The van der Waals surface area contributed by atoms with Crippen LogP contribution in [0.2, 0.25) is 5.02 Å². The predicted molar refractivity (Wildman–Crippen MR) is 70.2 cm³/mol. The molecule has 1 amide bonds. The quantitative estimate of drug-likeness (QED) is 0.804. The van der Waals surface area contributed by atoms with Crippen molar-refractivity contribution in [2.75, 3.05) is 0 Å². The molecule has 0 atom stereocenters. The first-order chi connectivity index (χ1) is 8.08. The molecule has 17 heavy (non-hydrogen) atoms. The second-order valence-corrected chi connectivity index (χ2v) is 5.37.